The molecule has 1 amide bonds. The zero-order chi connectivity index (χ0) is 22.5. The van der Waals surface area contributed by atoms with Crippen molar-refractivity contribution in [3.05, 3.63) is 95.8 Å². The number of para-hydroxylation sites is 1. The maximum Gasteiger partial charge on any atom is 0.273 e. The Morgan fingerprint density at radius 2 is 1.94 bits per heavy atom. The third-order valence-electron chi connectivity index (χ3n) is 4.65. The highest BCUT2D eigenvalue weighted by atomic mass is 32.2. The molecule has 164 valence electrons. The van der Waals surface area contributed by atoms with E-state index in [1.165, 1.54) is 18.0 Å². The maximum absolute atomic E-state index is 12.4. The van der Waals surface area contributed by atoms with Crippen molar-refractivity contribution in [3.8, 4) is 16.4 Å². The minimum Gasteiger partial charge on any atom is -0.447 e. The molecule has 0 unspecified atom stereocenters. The van der Waals surface area contributed by atoms with Crippen molar-refractivity contribution in [1.82, 2.24) is 30.0 Å². The zero-order valence-electron chi connectivity index (χ0n) is 17.3. The van der Waals surface area contributed by atoms with Gasteiger partial charge in [0.05, 0.1) is 22.9 Å². The van der Waals surface area contributed by atoms with Crippen molar-refractivity contribution < 1.29 is 9.21 Å². The first-order valence-electron chi connectivity index (χ1n) is 10.1. The molecule has 5 rings (SSSR count). The minimum absolute atomic E-state index is 0.227. The Hall–Kier alpha value is -3.76. The van der Waals surface area contributed by atoms with Crippen LogP contribution >= 0.6 is 23.1 Å². The third kappa shape index (κ3) is 4.86. The zero-order valence-corrected chi connectivity index (χ0v) is 18.9. The average molecular weight is 475 g/mol. The monoisotopic (exact) mass is 474 g/mol. The predicted molar refractivity (Wildman–Crippen MR) is 126 cm³/mol. The van der Waals surface area contributed by atoms with Crippen LogP contribution in [-0.2, 0) is 12.3 Å². The van der Waals surface area contributed by atoms with E-state index in [1.807, 2.05) is 70.6 Å². The molecule has 0 bridgehead atoms. The van der Waals surface area contributed by atoms with Crippen molar-refractivity contribution in [2.45, 2.75) is 17.5 Å². The van der Waals surface area contributed by atoms with Gasteiger partial charge in [0.15, 0.2) is 16.7 Å². The van der Waals surface area contributed by atoms with Crippen molar-refractivity contribution in [2.75, 3.05) is 0 Å². The fraction of sp³-hybridized carbons (Fsp3) is 0.0870. The number of nitrogens with one attached hydrogen (secondary N) is 1. The van der Waals surface area contributed by atoms with E-state index in [2.05, 4.69) is 25.5 Å². The molecule has 0 aliphatic heterocycles. The Kier molecular flexibility index (Phi) is 6.27. The summed E-state index contributed by atoms with van der Waals surface area (Å²) in [6.45, 7) is 0.322. The lowest BCUT2D eigenvalue weighted by molar-refractivity contribution is 0.0945. The molecule has 33 heavy (non-hydrogen) atoms. The summed E-state index contributed by atoms with van der Waals surface area (Å²) in [4.78, 5) is 21.9. The lowest BCUT2D eigenvalue weighted by atomic mass is 10.3. The van der Waals surface area contributed by atoms with Crippen molar-refractivity contribution in [1.29, 1.82) is 0 Å². The topological polar surface area (TPSA) is 98.7 Å². The van der Waals surface area contributed by atoms with Crippen LogP contribution in [0.2, 0.25) is 0 Å². The molecule has 1 N–H and O–H groups in total. The number of pyridine rings is 1. The van der Waals surface area contributed by atoms with E-state index in [0.29, 0.717) is 23.3 Å². The summed E-state index contributed by atoms with van der Waals surface area (Å²) in [6.07, 6.45) is 3.05. The molecule has 0 atom stereocenters. The molecule has 4 heterocycles. The van der Waals surface area contributed by atoms with Gasteiger partial charge >= 0.3 is 0 Å². The first kappa shape index (κ1) is 21.1. The molecule has 0 fully saturated rings. The van der Waals surface area contributed by atoms with Gasteiger partial charge in [0.2, 0.25) is 5.89 Å². The molecular weight excluding hydrogens is 456 g/mol. The summed E-state index contributed by atoms with van der Waals surface area (Å²) in [5.74, 6) is 1.31. The first-order valence-corrected chi connectivity index (χ1v) is 11.9. The summed E-state index contributed by atoms with van der Waals surface area (Å²) in [7, 11) is 0. The Balaban J connectivity index is 1.29. The van der Waals surface area contributed by atoms with E-state index in [-0.39, 0.29) is 11.6 Å². The average Bonchev–Trinajstić information content (AvgIpc) is 3.63. The molecule has 4 aromatic heterocycles. The van der Waals surface area contributed by atoms with Gasteiger partial charge in [0, 0.05) is 11.9 Å². The number of carbonyl (C=O) groups excluding carboxylic acids is 1. The van der Waals surface area contributed by atoms with Crippen LogP contribution in [0.1, 0.15) is 22.1 Å². The maximum atomic E-state index is 12.4. The highest BCUT2D eigenvalue weighted by Gasteiger charge is 2.18. The van der Waals surface area contributed by atoms with Gasteiger partial charge < -0.3 is 9.73 Å². The molecule has 0 saturated carbocycles. The highest BCUT2D eigenvalue weighted by Crippen LogP contribution is 2.31. The molecule has 0 aliphatic rings. The standard InChI is InChI=1S/C23H18N6O2S2/c30-22(25-13-16-7-4-5-11-24-16)18-14-31-20(26-18)15-33-23-28-27-21(19-10-6-12-32-19)29(23)17-8-2-1-3-9-17/h1-12,14H,13,15H2,(H,25,30). The normalized spacial score (nSPS) is 10.9. The van der Waals surface area contributed by atoms with Gasteiger partial charge in [-0.3, -0.25) is 14.3 Å². The second kappa shape index (κ2) is 9.80. The SMILES string of the molecule is O=C(NCc1ccccn1)c1coc(CSc2nnc(-c3cccs3)n2-c2ccccc2)n1. The molecule has 0 radical (unpaired) electrons. The van der Waals surface area contributed by atoms with Crippen LogP contribution in [-0.4, -0.2) is 30.6 Å². The molecule has 0 aliphatic carbocycles. The molecule has 8 nitrogen and oxygen atoms in total. The number of aromatic nitrogens is 5. The largest absolute Gasteiger partial charge is 0.447 e. The summed E-state index contributed by atoms with van der Waals surface area (Å²) in [5, 5.41) is 14.3. The Bertz CT molecular complexity index is 1330. The van der Waals surface area contributed by atoms with Crippen LogP contribution in [0.25, 0.3) is 16.4 Å². The summed E-state index contributed by atoms with van der Waals surface area (Å²) in [5.41, 5.74) is 1.97. The van der Waals surface area contributed by atoms with Gasteiger partial charge in [-0.05, 0) is 35.7 Å². The van der Waals surface area contributed by atoms with Gasteiger partial charge in [0.1, 0.15) is 6.26 Å². The van der Waals surface area contributed by atoms with Gasteiger partial charge in [-0.15, -0.1) is 21.5 Å². The van der Waals surface area contributed by atoms with Crippen LogP contribution in [0.4, 0.5) is 0 Å². The first-order chi connectivity index (χ1) is 16.3. The second-order valence-electron chi connectivity index (χ2n) is 6.87. The lowest BCUT2D eigenvalue weighted by Crippen LogP contribution is -2.23. The van der Waals surface area contributed by atoms with Gasteiger partial charge in [0.25, 0.3) is 5.91 Å². The van der Waals surface area contributed by atoms with Crippen LogP contribution in [0.15, 0.2) is 88.1 Å². The Morgan fingerprint density at radius 1 is 1.06 bits per heavy atom. The molecule has 1 aromatic carbocycles. The summed E-state index contributed by atoms with van der Waals surface area (Å²) < 4.78 is 7.53. The van der Waals surface area contributed by atoms with E-state index in [4.69, 9.17) is 4.42 Å². The van der Waals surface area contributed by atoms with Crippen LogP contribution in [0, 0.1) is 0 Å². The lowest BCUT2D eigenvalue weighted by Gasteiger charge is -2.08. The van der Waals surface area contributed by atoms with E-state index >= 15 is 0 Å². The van der Waals surface area contributed by atoms with E-state index in [0.717, 1.165) is 22.1 Å². The Labute approximate surface area is 197 Å². The summed E-state index contributed by atoms with van der Waals surface area (Å²) in [6, 6.07) is 19.5. The number of nitrogens with zero attached hydrogens (tertiary/aromatic N) is 5. The number of rotatable bonds is 8. The number of hydrogen-bond acceptors (Lipinski definition) is 8. The summed E-state index contributed by atoms with van der Waals surface area (Å²) >= 11 is 3.05. The quantitative estimate of drug-likeness (QED) is 0.328. The fourth-order valence-electron chi connectivity index (χ4n) is 3.11. The van der Waals surface area contributed by atoms with Crippen LogP contribution < -0.4 is 5.32 Å². The number of oxazole rings is 1. The molecular formula is C23H18N6O2S2. The minimum atomic E-state index is -0.312. The van der Waals surface area contributed by atoms with Gasteiger partial charge in [-0.2, -0.15) is 0 Å². The van der Waals surface area contributed by atoms with E-state index in [1.54, 1.807) is 17.5 Å². The third-order valence-corrected chi connectivity index (χ3v) is 6.43. The van der Waals surface area contributed by atoms with E-state index in [9.17, 15) is 4.79 Å². The van der Waals surface area contributed by atoms with E-state index < -0.39 is 0 Å². The number of carbonyl (C=O) groups is 1. The fourth-order valence-corrected chi connectivity index (χ4v) is 4.61. The number of thioether (sulfide) groups is 1. The van der Waals surface area contributed by atoms with Gasteiger partial charge in [-0.1, -0.05) is 42.1 Å². The Morgan fingerprint density at radius 3 is 2.73 bits per heavy atom. The molecule has 5 aromatic rings. The van der Waals surface area contributed by atoms with Crippen molar-refractivity contribution in [2.24, 2.45) is 0 Å². The molecule has 10 heteroatoms. The molecule has 0 spiro atoms. The highest BCUT2D eigenvalue weighted by molar-refractivity contribution is 7.98. The number of benzene rings is 1. The van der Waals surface area contributed by atoms with Crippen LogP contribution in [0.5, 0.6) is 0 Å². The van der Waals surface area contributed by atoms with Gasteiger partial charge in [-0.25, -0.2) is 4.98 Å². The predicted octanol–water partition coefficient (Wildman–Crippen LogP) is 4.60. The molecule has 0 saturated heterocycles. The second-order valence-corrected chi connectivity index (χ2v) is 8.76. The number of hydrogen-bond donors (Lipinski definition) is 1. The van der Waals surface area contributed by atoms with Crippen molar-refractivity contribution >= 4 is 29.0 Å². The smallest absolute Gasteiger partial charge is 0.273 e. The van der Waals surface area contributed by atoms with Crippen molar-refractivity contribution in [3.63, 3.8) is 0 Å². The number of thiophene rings is 1. The van der Waals surface area contributed by atoms with Crippen LogP contribution in [0.3, 0.4) is 0 Å². The number of amides is 1.